The van der Waals surface area contributed by atoms with Gasteiger partial charge in [0.05, 0.1) is 43.3 Å². The Morgan fingerprint density at radius 2 is 1.39 bits per heavy atom. The lowest BCUT2D eigenvalue weighted by atomic mass is 10.1. The number of quaternary nitrogens is 3. The second-order valence-corrected chi connectivity index (χ2v) is 13.6. The van der Waals surface area contributed by atoms with E-state index < -0.39 is 27.1 Å². The summed E-state index contributed by atoms with van der Waals surface area (Å²) in [5.74, 6) is 0. The van der Waals surface area contributed by atoms with Crippen LogP contribution in [-0.4, -0.2) is 122 Å². The van der Waals surface area contributed by atoms with Gasteiger partial charge in [0, 0.05) is 38.2 Å². The fourth-order valence-corrected chi connectivity index (χ4v) is 7.50. The molecule has 2 atom stereocenters. The third-order valence-corrected chi connectivity index (χ3v) is 11.1. The van der Waals surface area contributed by atoms with Gasteiger partial charge in [0.2, 0.25) is 0 Å². The van der Waals surface area contributed by atoms with Crippen molar-refractivity contribution in [3.8, 4) is 0 Å². The van der Waals surface area contributed by atoms with E-state index in [1.807, 2.05) is 43.5 Å². The first-order valence-corrected chi connectivity index (χ1v) is 18.8. The number of aromatic nitrogens is 3. The van der Waals surface area contributed by atoms with Crippen molar-refractivity contribution in [1.82, 2.24) is 24.8 Å². The molecule has 1 aliphatic rings. The molecule has 1 fully saturated rings. The van der Waals surface area contributed by atoms with Crippen LogP contribution in [0.5, 0.6) is 0 Å². The molecule has 0 radical (unpaired) electrons. The maximum atomic E-state index is 15.2. The van der Waals surface area contributed by atoms with Crippen LogP contribution in [0, 0.1) is 0 Å². The maximum Gasteiger partial charge on any atom is 0.533 e. The van der Waals surface area contributed by atoms with Crippen molar-refractivity contribution in [2.24, 2.45) is 5.73 Å². The number of aryl methyl sites for hydroxylation is 2. The fraction of sp³-hybridized carbons (Fsp3) is 0.538. The predicted molar refractivity (Wildman–Crippen MR) is 199 cm³/mol. The van der Waals surface area contributed by atoms with Crippen LogP contribution in [0.1, 0.15) is 69.8 Å². The first kappa shape index (κ1) is 39.8. The highest BCUT2D eigenvalue weighted by atomic mass is 16.3. The smallest absolute Gasteiger partial charge is 0.326 e. The summed E-state index contributed by atoms with van der Waals surface area (Å²) >= 11 is 0. The zero-order valence-corrected chi connectivity index (χ0v) is 31.8. The first-order chi connectivity index (χ1) is 24.6. The van der Waals surface area contributed by atoms with E-state index in [0.717, 1.165) is 37.3 Å². The minimum absolute atomic E-state index is 0.0279. The van der Waals surface area contributed by atoms with Crippen LogP contribution in [0.25, 0.3) is 0 Å². The van der Waals surface area contributed by atoms with Crippen molar-refractivity contribution in [1.29, 1.82) is 0 Å². The van der Waals surface area contributed by atoms with Gasteiger partial charge in [-0.15, -0.1) is 8.97 Å². The summed E-state index contributed by atoms with van der Waals surface area (Å²) in [7, 11) is 0. The van der Waals surface area contributed by atoms with E-state index in [0.29, 0.717) is 42.9 Å². The number of amides is 6. The number of nitrogens with two attached hydrogens (primary N) is 1. The molecule has 51 heavy (non-hydrogen) atoms. The van der Waals surface area contributed by atoms with Crippen molar-refractivity contribution < 1.29 is 27.8 Å². The molecule has 0 spiro atoms. The molecule has 3 aromatic rings. The molecule has 276 valence electrons. The number of nitrogens with zero attached hydrogens (tertiary/aromatic N) is 8. The number of carbonyl (C=O) groups is 3. The molecule has 12 nitrogen and oxygen atoms in total. The molecule has 0 bridgehead atoms. The van der Waals surface area contributed by atoms with Crippen molar-refractivity contribution in [2.75, 3.05) is 65.4 Å². The molecular formula is C39H60N9O3+3. The molecule has 12 heteroatoms. The number of pyridine rings is 3. The Morgan fingerprint density at radius 3 is 1.96 bits per heavy atom. The van der Waals surface area contributed by atoms with Crippen molar-refractivity contribution in [3.05, 3.63) is 89.3 Å². The predicted octanol–water partition coefficient (Wildman–Crippen LogP) is 5.36. The zero-order valence-electron chi connectivity index (χ0n) is 31.8. The standard InChI is InChI=1S/C39H60N9O3/c1-7-32-17-15-22-42-35(32)29-44(9-3)24-25-45-37(49)47(12-6,28-27-46(10-4,11-5)31-36-33(8-2)18-16-23-43-36)39(51)48(26-20-40,38(45)50)30-34-19-13-14-21-41-34/h13-19,21-23H,7-12,20,24-31,40H2,1-6H3/q+3. The van der Waals surface area contributed by atoms with Crippen LogP contribution >= 0.6 is 0 Å². The molecule has 0 aromatic carbocycles. The highest BCUT2D eigenvalue weighted by Crippen LogP contribution is 2.33. The Balaban J connectivity index is 1.75. The topological polar surface area (TPSA) is 122 Å². The molecule has 1 saturated heterocycles. The molecule has 3 aromatic heterocycles. The number of hydrogen-bond donors (Lipinski definition) is 1. The summed E-state index contributed by atoms with van der Waals surface area (Å²) < 4.78 is -0.394. The molecular weight excluding hydrogens is 642 g/mol. The number of rotatable bonds is 20. The summed E-state index contributed by atoms with van der Waals surface area (Å²) in [5.41, 5.74) is 11.2. The summed E-state index contributed by atoms with van der Waals surface area (Å²) in [4.78, 5) is 62.3. The minimum atomic E-state index is -0.585. The number of urea groups is 3. The van der Waals surface area contributed by atoms with Crippen LogP contribution in [0.4, 0.5) is 14.4 Å². The number of hydrogen-bond acceptors (Lipinski definition) is 8. The van der Waals surface area contributed by atoms with Gasteiger partial charge in [0.1, 0.15) is 32.7 Å². The first-order valence-electron chi connectivity index (χ1n) is 18.8. The van der Waals surface area contributed by atoms with Gasteiger partial charge in [0.15, 0.2) is 0 Å². The highest BCUT2D eigenvalue weighted by molar-refractivity contribution is 5.99. The van der Waals surface area contributed by atoms with E-state index in [-0.39, 0.29) is 39.3 Å². The molecule has 4 rings (SSSR count). The number of likely N-dealkylation sites (N-methyl/N-ethyl adjacent to an activating group) is 3. The number of carbonyl (C=O) groups excluding carboxylic acids is 3. The Kier molecular flexibility index (Phi) is 14.1. The van der Waals surface area contributed by atoms with Gasteiger partial charge in [-0.25, -0.2) is 9.59 Å². The van der Waals surface area contributed by atoms with Crippen molar-refractivity contribution in [3.63, 3.8) is 0 Å². The van der Waals surface area contributed by atoms with E-state index in [1.165, 1.54) is 16.0 Å². The third kappa shape index (κ3) is 8.42. The Morgan fingerprint density at radius 1 is 0.765 bits per heavy atom. The normalized spacial score (nSPS) is 19.7. The van der Waals surface area contributed by atoms with Gasteiger partial charge in [-0.2, -0.15) is 9.69 Å². The molecule has 6 amide bonds. The van der Waals surface area contributed by atoms with E-state index in [4.69, 9.17) is 10.7 Å². The quantitative estimate of drug-likeness (QED) is 0.156. The van der Waals surface area contributed by atoms with Gasteiger partial charge in [-0.1, -0.05) is 39.0 Å². The molecule has 0 aliphatic carbocycles. The SMILES string of the molecule is CCc1cccnc1CN(CC)CCN1C(=O)[N+](CC)(CC[N+](CC)(CC)Cc2ncccc2CC)C(=O)[N+](CCN)(Cc2ccccn2)C1=O. The maximum absolute atomic E-state index is 15.2. The van der Waals surface area contributed by atoms with Gasteiger partial charge in [0.25, 0.3) is 0 Å². The average molecular weight is 703 g/mol. The van der Waals surface area contributed by atoms with Crippen LogP contribution in [-0.2, 0) is 32.5 Å². The second-order valence-electron chi connectivity index (χ2n) is 13.6. The zero-order chi connectivity index (χ0) is 37.1. The van der Waals surface area contributed by atoms with E-state index in [1.54, 1.807) is 12.4 Å². The Labute approximate surface area is 304 Å². The van der Waals surface area contributed by atoms with Crippen molar-refractivity contribution >= 4 is 18.1 Å². The summed E-state index contributed by atoms with van der Waals surface area (Å²) in [6.07, 6.45) is 7.04. The molecule has 1 aliphatic heterocycles. The van der Waals surface area contributed by atoms with Crippen LogP contribution < -0.4 is 5.73 Å². The van der Waals surface area contributed by atoms with Crippen LogP contribution in [0.3, 0.4) is 0 Å². The molecule has 0 saturated carbocycles. The van der Waals surface area contributed by atoms with E-state index in [9.17, 15) is 9.59 Å². The highest BCUT2D eigenvalue weighted by Gasteiger charge is 2.69. The van der Waals surface area contributed by atoms with Gasteiger partial charge < -0.3 is 10.2 Å². The lowest BCUT2D eigenvalue weighted by molar-refractivity contribution is -0.968. The van der Waals surface area contributed by atoms with Crippen LogP contribution in [0.2, 0.25) is 0 Å². The minimum Gasteiger partial charge on any atom is -0.326 e. The number of imide groups is 3. The fourth-order valence-electron chi connectivity index (χ4n) is 7.50. The lowest BCUT2D eigenvalue weighted by Crippen LogP contribution is -2.81. The van der Waals surface area contributed by atoms with Crippen LogP contribution in [0.15, 0.2) is 61.1 Å². The summed E-state index contributed by atoms with van der Waals surface area (Å²) in [5, 5.41) is 0. The third-order valence-electron chi connectivity index (χ3n) is 11.1. The van der Waals surface area contributed by atoms with Crippen molar-refractivity contribution in [2.45, 2.75) is 74.0 Å². The largest absolute Gasteiger partial charge is 0.533 e. The summed E-state index contributed by atoms with van der Waals surface area (Å²) in [6.45, 7) is 18.0. The monoisotopic (exact) mass is 702 g/mol. The average Bonchev–Trinajstić information content (AvgIpc) is 3.17. The van der Waals surface area contributed by atoms with E-state index in [2.05, 4.69) is 61.6 Å². The molecule has 2 unspecified atom stereocenters. The Hall–Kier alpha value is -3.94. The Bertz CT molecular complexity index is 1620. The van der Waals surface area contributed by atoms with E-state index >= 15 is 4.79 Å². The van der Waals surface area contributed by atoms with Gasteiger partial charge >= 0.3 is 18.1 Å². The summed E-state index contributed by atoms with van der Waals surface area (Å²) in [6, 6.07) is 12.2. The molecule has 4 heterocycles. The van der Waals surface area contributed by atoms with Gasteiger partial charge in [-0.05, 0) is 75.5 Å². The second kappa shape index (κ2) is 18.0. The van der Waals surface area contributed by atoms with Gasteiger partial charge in [-0.3, -0.25) is 19.9 Å². The lowest BCUT2D eigenvalue weighted by Gasteiger charge is -2.47. The molecule has 2 N–H and O–H groups in total.